The van der Waals surface area contributed by atoms with Crippen LogP contribution in [0.2, 0.25) is 0 Å². The third kappa shape index (κ3) is 3.68. The summed E-state index contributed by atoms with van der Waals surface area (Å²) in [6.45, 7) is 0. The summed E-state index contributed by atoms with van der Waals surface area (Å²) >= 11 is 0. The number of Topliss-reactive ketones (excluding diaryl/α,β-unsaturated/α-hetero) is 1. The van der Waals surface area contributed by atoms with E-state index in [-0.39, 0.29) is 5.78 Å². The largest absolute Gasteiger partial charge is 0.496 e. The van der Waals surface area contributed by atoms with E-state index in [2.05, 4.69) is 12.1 Å². The first-order chi connectivity index (χ1) is 9.31. The smallest absolute Gasteiger partial charge is 0.166 e. The number of carbonyl (C=O) groups is 1. The van der Waals surface area contributed by atoms with Crippen LogP contribution in [0.25, 0.3) is 0 Å². The SMILES string of the molecule is COc1ccccc1C(=O)CCCc1ccccc1. The van der Waals surface area contributed by atoms with Crippen molar-refractivity contribution in [1.82, 2.24) is 0 Å². The summed E-state index contributed by atoms with van der Waals surface area (Å²) in [5, 5.41) is 0. The molecule has 0 heterocycles. The third-order valence-electron chi connectivity index (χ3n) is 3.12. The molecule has 0 amide bonds. The summed E-state index contributed by atoms with van der Waals surface area (Å²) in [6, 6.07) is 17.6. The van der Waals surface area contributed by atoms with Gasteiger partial charge >= 0.3 is 0 Å². The molecule has 0 N–H and O–H groups in total. The number of ether oxygens (including phenoxy) is 1. The Kier molecular flexibility index (Phi) is 4.73. The summed E-state index contributed by atoms with van der Waals surface area (Å²) in [6.07, 6.45) is 2.35. The minimum absolute atomic E-state index is 0.147. The first kappa shape index (κ1) is 13.3. The summed E-state index contributed by atoms with van der Waals surface area (Å²) in [7, 11) is 1.59. The van der Waals surface area contributed by atoms with E-state index < -0.39 is 0 Å². The normalized spacial score (nSPS) is 10.2. The molecule has 2 aromatic carbocycles. The quantitative estimate of drug-likeness (QED) is 0.731. The molecule has 2 nitrogen and oxygen atoms in total. The Morgan fingerprint density at radius 3 is 2.42 bits per heavy atom. The molecule has 0 unspecified atom stereocenters. The van der Waals surface area contributed by atoms with Crippen LogP contribution in [0.1, 0.15) is 28.8 Å². The molecule has 2 rings (SSSR count). The van der Waals surface area contributed by atoms with Crippen LogP contribution in [0.3, 0.4) is 0 Å². The van der Waals surface area contributed by atoms with Gasteiger partial charge in [-0.25, -0.2) is 0 Å². The highest BCUT2D eigenvalue weighted by Gasteiger charge is 2.10. The highest BCUT2D eigenvalue weighted by molar-refractivity contribution is 5.98. The molecule has 0 bridgehead atoms. The zero-order valence-corrected chi connectivity index (χ0v) is 11.1. The van der Waals surface area contributed by atoms with Gasteiger partial charge in [-0.05, 0) is 30.5 Å². The number of benzene rings is 2. The minimum Gasteiger partial charge on any atom is -0.496 e. The van der Waals surface area contributed by atoms with Gasteiger partial charge in [0.2, 0.25) is 0 Å². The molecule has 19 heavy (non-hydrogen) atoms. The van der Waals surface area contributed by atoms with Crippen molar-refractivity contribution in [1.29, 1.82) is 0 Å². The van der Waals surface area contributed by atoms with Gasteiger partial charge in [0.15, 0.2) is 5.78 Å². The summed E-state index contributed by atoms with van der Waals surface area (Å²) in [4.78, 5) is 12.1. The predicted octanol–water partition coefficient (Wildman–Crippen LogP) is 3.90. The van der Waals surface area contributed by atoms with Crippen molar-refractivity contribution in [3.05, 3.63) is 65.7 Å². The molecule has 2 aromatic rings. The van der Waals surface area contributed by atoms with Gasteiger partial charge in [-0.1, -0.05) is 42.5 Å². The molecule has 0 aliphatic heterocycles. The fourth-order valence-corrected chi connectivity index (χ4v) is 2.11. The molecular weight excluding hydrogens is 236 g/mol. The van der Waals surface area contributed by atoms with E-state index in [0.29, 0.717) is 17.7 Å². The van der Waals surface area contributed by atoms with E-state index in [1.807, 2.05) is 42.5 Å². The number of methoxy groups -OCH3 is 1. The average Bonchev–Trinajstić information content (AvgIpc) is 2.48. The molecule has 0 atom stereocenters. The van der Waals surface area contributed by atoms with E-state index >= 15 is 0 Å². The number of hydrogen-bond donors (Lipinski definition) is 0. The van der Waals surface area contributed by atoms with Crippen LogP contribution in [-0.4, -0.2) is 12.9 Å². The lowest BCUT2D eigenvalue weighted by molar-refractivity contribution is 0.0977. The zero-order valence-electron chi connectivity index (χ0n) is 11.1. The Morgan fingerprint density at radius 1 is 1.00 bits per heavy atom. The Labute approximate surface area is 114 Å². The maximum atomic E-state index is 12.1. The van der Waals surface area contributed by atoms with Crippen molar-refractivity contribution < 1.29 is 9.53 Å². The van der Waals surface area contributed by atoms with E-state index in [1.54, 1.807) is 7.11 Å². The lowest BCUT2D eigenvalue weighted by atomic mass is 10.0. The first-order valence-electron chi connectivity index (χ1n) is 6.51. The van der Waals surface area contributed by atoms with Gasteiger partial charge in [0, 0.05) is 6.42 Å². The van der Waals surface area contributed by atoms with Gasteiger partial charge in [0.05, 0.1) is 12.7 Å². The Bertz CT molecular complexity index is 532. The molecule has 0 fully saturated rings. The van der Waals surface area contributed by atoms with Crippen molar-refractivity contribution in [2.75, 3.05) is 7.11 Å². The monoisotopic (exact) mass is 254 g/mol. The number of hydrogen-bond acceptors (Lipinski definition) is 2. The maximum Gasteiger partial charge on any atom is 0.166 e. The Balaban J connectivity index is 1.91. The fraction of sp³-hybridized carbons (Fsp3) is 0.235. The summed E-state index contributed by atoms with van der Waals surface area (Å²) < 4.78 is 5.21. The molecule has 0 spiro atoms. The van der Waals surface area contributed by atoms with Crippen molar-refractivity contribution in [3.63, 3.8) is 0 Å². The lowest BCUT2D eigenvalue weighted by Gasteiger charge is -2.07. The molecule has 0 saturated carbocycles. The van der Waals surface area contributed by atoms with Gasteiger partial charge in [-0.2, -0.15) is 0 Å². The molecular formula is C17H18O2. The van der Waals surface area contributed by atoms with Gasteiger partial charge < -0.3 is 4.74 Å². The number of ketones is 1. The second kappa shape index (κ2) is 6.74. The van der Waals surface area contributed by atoms with Crippen molar-refractivity contribution >= 4 is 5.78 Å². The molecule has 0 saturated heterocycles. The van der Waals surface area contributed by atoms with Crippen LogP contribution < -0.4 is 4.74 Å². The average molecular weight is 254 g/mol. The second-order valence-corrected chi connectivity index (χ2v) is 4.46. The highest BCUT2D eigenvalue weighted by Crippen LogP contribution is 2.20. The molecule has 0 aromatic heterocycles. The van der Waals surface area contributed by atoms with Gasteiger partial charge in [-0.3, -0.25) is 4.79 Å². The molecule has 0 aliphatic rings. The minimum atomic E-state index is 0.147. The van der Waals surface area contributed by atoms with Crippen molar-refractivity contribution in [2.24, 2.45) is 0 Å². The molecule has 98 valence electrons. The van der Waals surface area contributed by atoms with Crippen LogP contribution >= 0.6 is 0 Å². The zero-order chi connectivity index (χ0) is 13.5. The predicted molar refractivity (Wildman–Crippen MR) is 76.7 cm³/mol. The summed E-state index contributed by atoms with van der Waals surface area (Å²) in [5.41, 5.74) is 1.95. The Hall–Kier alpha value is -2.09. The molecule has 2 heteroatoms. The van der Waals surface area contributed by atoms with Crippen LogP contribution in [0, 0.1) is 0 Å². The lowest BCUT2D eigenvalue weighted by Crippen LogP contribution is -2.02. The number of carbonyl (C=O) groups excluding carboxylic acids is 1. The topological polar surface area (TPSA) is 26.3 Å². The van der Waals surface area contributed by atoms with Gasteiger partial charge in [0.1, 0.15) is 5.75 Å². The highest BCUT2D eigenvalue weighted by atomic mass is 16.5. The van der Waals surface area contributed by atoms with Crippen molar-refractivity contribution in [3.8, 4) is 5.75 Å². The van der Waals surface area contributed by atoms with Crippen LogP contribution in [0.15, 0.2) is 54.6 Å². The van der Waals surface area contributed by atoms with Crippen LogP contribution in [0.5, 0.6) is 5.75 Å². The van der Waals surface area contributed by atoms with Crippen molar-refractivity contribution in [2.45, 2.75) is 19.3 Å². The van der Waals surface area contributed by atoms with Gasteiger partial charge in [-0.15, -0.1) is 0 Å². The van der Waals surface area contributed by atoms with Gasteiger partial charge in [0.25, 0.3) is 0 Å². The number of rotatable bonds is 6. The Morgan fingerprint density at radius 2 is 1.68 bits per heavy atom. The number of para-hydroxylation sites is 1. The van der Waals surface area contributed by atoms with E-state index in [4.69, 9.17) is 4.74 Å². The number of aryl methyl sites for hydroxylation is 1. The maximum absolute atomic E-state index is 12.1. The fourth-order valence-electron chi connectivity index (χ4n) is 2.11. The summed E-state index contributed by atoms with van der Waals surface area (Å²) in [5.74, 6) is 0.806. The van der Waals surface area contributed by atoms with Crippen LogP contribution in [-0.2, 0) is 6.42 Å². The molecule has 0 radical (unpaired) electrons. The second-order valence-electron chi connectivity index (χ2n) is 4.46. The van der Waals surface area contributed by atoms with E-state index in [1.165, 1.54) is 5.56 Å². The standard InChI is InChI=1S/C17H18O2/c1-19-17-13-6-5-11-15(17)16(18)12-7-10-14-8-3-2-4-9-14/h2-6,8-9,11,13H,7,10,12H2,1H3. The van der Waals surface area contributed by atoms with Crippen LogP contribution in [0.4, 0.5) is 0 Å². The third-order valence-corrected chi connectivity index (χ3v) is 3.12. The van der Waals surface area contributed by atoms with E-state index in [0.717, 1.165) is 12.8 Å². The molecule has 0 aliphatic carbocycles. The van der Waals surface area contributed by atoms with E-state index in [9.17, 15) is 4.79 Å². The first-order valence-corrected chi connectivity index (χ1v) is 6.51.